The van der Waals surface area contributed by atoms with Crippen LogP contribution in [0.5, 0.6) is 0 Å². The van der Waals surface area contributed by atoms with Gasteiger partial charge in [-0.15, -0.1) is 29.0 Å². The molecule has 0 spiro atoms. The molecule has 0 amide bonds. The second kappa shape index (κ2) is 6.97. The summed E-state index contributed by atoms with van der Waals surface area (Å²) in [5.41, 5.74) is 0. The van der Waals surface area contributed by atoms with Gasteiger partial charge in [-0.05, 0) is 20.8 Å². The van der Waals surface area contributed by atoms with Crippen LogP contribution in [0.2, 0.25) is 0 Å². The highest BCUT2D eigenvalue weighted by Gasteiger charge is 2.21. The Bertz CT molecular complexity index is 133. The maximum absolute atomic E-state index is 5.52. The summed E-state index contributed by atoms with van der Waals surface area (Å²) in [6, 6.07) is 0.0989. The van der Waals surface area contributed by atoms with Crippen molar-refractivity contribution in [1.29, 1.82) is 0 Å². The first kappa shape index (κ1) is 12.5. The number of halogens is 1. The van der Waals surface area contributed by atoms with Gasteiger partial charge in [-0.2, -0.15) is 0 Å². The summed E-state index contributed by atoms with van der Waals surface area (Å²) in [5, 5.41) is 0. The van der Waals surface area contributed by atoms with Crippen molar-refractivity contribution >= 4 is 34.6 Å². The highest BCUT2D eigenvalue weighted by atomic mass is 127. The molecule has 1 unspecified atom stereocenters. The van der Waals surface area contributed by atoms with Gasteiger partial charge in [0, 0.05) is 0 Å². The molecule has 5 heteroatoms. The summed E-state index contributed by atoms with van der Waals surface area (Å²) in [4.78, 5) is 0. The molecule has 1 atom stereocenters. The number of ether oxygens (including phenoxy) is 1. The lowest BCUT2D eigenvalue weighted by Gasteiger charge is -2.18. The molecule has 0 bridgehead atoms. The molecule has 0 aromatic heterocycles. The molecule has 0 saturated heterocycles. The van der Waals surface area contributed by atoms with Crippen molar-refractivity contribution in [2.24, 2.45) is 0 Å². The topological polar surface area (TPSA) is 18.5 Å². The molecule has 0 N–H and O–H groups in total. The molecule has 0 heterocycles. The monoisotopic (exact) mass is 279 g/mol. The fourth-order valence-electron chi connectivity index (χ4n) is 0.732. The Labute approximate surface area is 89.3 Å². The van der Waals surface area contributed by atoms with Crippen LogP contribution >= 0.6 is 22.4 Å². The van der Waals surface area contributed by atoms with E-state index in [0.29, 0.717) is 0 Å². The number of hydrogen-bond donors (Lipinski definition) is 0. The molecule has 0 aliphatic heterocycles. The predicted octanol–water partition coefficient (Wildman–Crippen LogP) is 2.04. The fourth-order valence-corrected chi connectivity index (χ4v) is 1.07. The Balaban J connectivity index is 3.60. The van der Waals surface area contributed by atoms with Gasteiger partial charge in [0.25, 0.3) is 0 Å². The minimum atomic E-state index is 0.0444. The van der Waals surface area contributed by atoms with Crippen molar-refractivity contribution in [1.82, 2.24) is 0 Å². The van der Waals surface area contributed by atoms with Crippen LogP contribution < -0.4 is 0 Å². The number of rotatable bonds is 6. The van der Waals surface area contributed by atoms with Crippen LogP contribution in [0.4, 0.5) is 0 Å². The summed E-state index contributed by atoms with van der Waals surface area (Å²) >= 11 is 2.20. The molecule has 67 valence electrons. The van der Waals surface area contributed by atoms with E-state index in [9.17, 15) is 0 Å². The standard InChI is InChI=1S/C7H14B2IO2/c1-5-8-12-9(10)7(4)11-6(2)3/h5-7H,1H2,2-4H3. The van der Waals surface area contributed by atoms with E-state index in [1.807, 2.05) is 20.8 Å². The summed E-state index contributed by atoms with van der Waals surface area (Å²) in [7, 11) is 1.58. The summed E-state index contributed by atoms with van der Waals surface area (Å²) in [6.07, 6.45) is 0.240. The zero-order chi connectivity index (χ0) is 9.56. The van der Waals surface area contributed by atoms with Crippen molar-refractivity contribution in [2.75, 3.05) is 0 Å². The summed E-state index contributed by atoms with van der Waals surface area (Å²) < 4.78 is 10.8. The van der Waals surface area contributed by atoms with E-state index < -0.39 is 0 Å². The third-order valence-corrected chi connectivity index (χ3v) is 2.47. The van der Waals surface area contributed by atoms with E-state index in [0.717, 1.165) is 0 Å². The first-order chi connectivity index (χ1) is 5.57. The van der Waals surface area contributed by atoms with E-state index in [4.69, 9.17) is 9.31 Å². The molecule has 0 aromatic rings. The van der Waals surface area contributed by atoms with Gasteiger partial charge >= 0.3 is 12.3 Å². The van der Waals surface area contributed by atoms with E-state index in [-0.39, 0.29) is 16.9 Å². The van der Waals surface area contributed by atoms with E-state index in [2.05, 4.69) is 29.0 Å². The molecule has 1 radical (unpaired) electrons. The average Bonchev–Trinajstić information content (AvgIpc) is 1.98. The van der Waals surface area contributed by atoms with Gasteiger partial charge in [-0.1, -0.05) is 5.98 Å². The largest absolute Gasteiger partial charge is 0.489 e. The van der Waals surface area contributed by atoms with Crippen LogP contribution in [0.25, 0.3) is 0 Å². The minimum Gasteiger partial charge on any atom is -0.489 e. The second-order valence-electron chi connectivity index (χ2n) is 2.75. The Hall–Kier alpha value is 0.520. The summed E-state index contributed by atoms with van der Waals surface area (Å²) in [5.74, 6) is 1.62. The van der Waals surface area contributed by atoms with Crippen molar-refractivity contribution in [3.05, 3.63) is 12.6 Å². The van der Waals surface area contributed by atoms with Crippen LogP contribution in [-0.4, -0.2) is 24.4 Å². The van der Waals surface area contributed by atoms with E-state index >= 15 is 0 Å². The molecular formula is C7H14B2IO2. The highest BCUT2D eigenvalue weighted by Crippen LogP contribution is 2.08. The third kappa shape index (κ3) is 6.08. The fraction of sp³-hybridized carbons (Fsp3) is 0.714. The van der Waals surface area contributed by atoms with Gasteiger partial charge in [0.15, 0.2) is 0 Å². The van der Waals surface area contributed by atoms with Crippen molar-refractivity contribution in [3.8, 4) is 0 Å². The molecule has 0 rings (SSSR count). The van der Waals surface area contributed by atoms with Gasteiger partial charge in [-0.3, -0.25) is 0 Å². The second-order valence-corrected chi connectivity index (χ2v) is 3.98. The lowest BCUT2D eigenvalue weighted by Crippen LogP contribution is -2.31. The highest BCUT2D eigenvalue weighted by molar-refractivity contribution is 14.1. The first-order valence-corrected chi connectivity index (χ1v) is 5.21. The molecular weight excluding hydrogens is 265 g/mol. The average molecular weight is 279 g/mol. The minimum absolute atomic E-state index is 0.0444. The molecule has 0 saturated carbocycles. The molecule has 0 aromatic carbocycles. The zero-order valence-electron chi connectivity index (χ0n) is 7.79. The van der Waals surface area contributed by atoms with Gasteiger partial charge in [0.2, 0.25) is 0 Å². The smallest absolute Gasteiger partial charge is 0.380 e. The maximum atomic E-state index is 5.52. The third-order valence-electron chi connectivity index (χ3n) is 1.16. The summed E-state index contributed by atoms with van der Waals surface area (Å²) in [6.45, 7) is 9.54. The van der Waals surface area contributed by atoms with Gasteiger partial charge in [0.05, 0.1) is 12.1 Å². The van der Waals surface area contributed by atoms with Crippen molar-refractivity contribution < 1.29 is 9.31 Å². The van der Waals surface area contributed by atoms with Crippen molar-refractivity contribution in [2.45, 2.75) is 32.9 Å². The van der Waals surface area contributed by atoms with Crippen LogP contribution in [-0.2, 0) is 9.31 Å². The lowest BCUT2D eigenvalue weighted by atomic mass is 9.87. The quantitative estimate of drug-likeness (QED) is 0.547. The van der Waals surface area contributed by atoms with Crippen LogP contribution in [0.3, 0.4) is 0 Å². The van der Waals surface area contributed by atoms with Crippen LogP contribution in [0.15, 0.2) is 12.6 Å². The molecule has 0 aliphatic carbocycles. The Kier molecular flexibility index (Phi) is 7.28. The van der Waals surface area contributed by atoms with E-state index in [1.165, 1.54) is 0 Å². The van der Waals surface area contributed by atoms with Crippen LogP contribution in [0.1, 0.15) is 20.8 Å². The zero-order valence-corrected chi connectivity index (χ0v) is 9.95. The Morgan fingerprint density at radius 3 is 2.50 bits per heavy atom. The van der Waals surface area contributed by atoms with Crippen molar-refractivity contribution in [3.63, 3.8) is 0 Å². The molecule has 0 fully saturated rings. The van der Waals surface area contributed by atoms with Crippen LogP contribution in [0, 0.1) is 0 Å². The van der Waals surface area contributed by atoms with Gasteiger partial charge in [-0.25, -0.2) is 0 Å². The number of hydrogen-bond acceptors (Lipinski definition) is 2. The normalized spacial score (nSPS) is 12.8. The first-order valence-electron chi connectivity index (χ1n) is 3.97. The Morgan fingerprint density at radius 1 is 1.50 bits per heavy atom. The maximum Gasteiger partial charge on any atom is 0.380 e. The predicted molar refractivity (Wildman–Crippen MR) is 62.5 cm³/mol. The SMILES string of the molecule is C=C[B]OB(I)C(C)OC(C)C. The van der Waals surface area contributed by atoms with Gasteiger partial charge in [0.1, 0.15) is 0 Å². The van der Waals surface area contributed by atoms with Gasteiger partial charge < -0.3 is 9.31 Å². The lowest BCUT2D eigenvalue weighted by molar-refractivity contribution is 0.0574. The molecule has 2 nitrogen and oxygen atoms in total. The Morgan fingerprint density at radius 2 is 2.08 bits per heavy atom. The molecule has 12 heavy (non-hydrogen) atoms. The van der Waals surface area contributed by atoms with E-state index in [1.54, 1.807) is 13.5 Å². The molecule has 0 aliphatic rings.